The van der Waals surface area contributed by atoms with Gasteiger partial charge >= 0.3 is 5.97 Å². The molecule has 0 saturated carbocycles. The van der Waals surface area contributed by atoms with Crippen molar-refractivity contribution in [3.05, 3.63) is 17.0 Å². The molecular weight excluding hydrogens is 236 g/mol. The van der Waals surface area contributed by atoms with Crippen LogP contribution in [0.5, 0.6) is 0 Å². The number of amides is 1. The number of carbonyl (C=O) groups excluding carboxylic acids is 1. The van der Waals surface area contributed by atoms with Crippen LogP contribution >= 0.6 is 0 Å². The van der Waals surface area contributed by atoms with Crippen LogP contribution in [0.4, 0.5) is 0 Å². The van der Waals surface area contributed by atoms with Gasteiger partial charge in [-0.05, 0) is 26.7 Å². The summed E-state index contributed by atoms with van der Waals surface area (Å²) in [5.74, 6) is -0.585. The lowest BCUT2D eigenvalue weighted by Gasteiger charge is -2.11. The van der Waals surface area contributed by atoms with Gasteiger partial charge in [-0.25, -0.2) is 4.79 Å². The Balaban J connectivity index is 2.49. The van der Waals surface area contributed by atoms with Gasteiger partial charge in [0.05, 0.1) is 5.69 Å². The second kappa shape index (κ2) is 6.18. The molecule has 1 amide bonds. The topological polar surface area (TPSA) is 92.4 Å². The minimum Gasteiger partial charge on any atom is -0.480 e. The van der Waals surface area contributed by atoms with E-state index in [0.29, 0.717) is 18.6 Å². The highest BCUT2D eigenvalue weighted by atomic mass is 16.5. The first-order chi connectivity index (χ1) is 8.45. The zero-order valence-corrected chi connectivity index (χ0v) is 10.8. The summed E-state index contributed by atoms with van der Waals surface area (Å²) in [5, 5.41) is 15.1. The first-order valence-corrected chi connectivity index (χ1v) is 5.89. The normalized spacial score (nSPS) is 12.2. The van der Waals surface area contributed by atoms with E-state index in [4.69, 9.17) is 9.63 Å². The third kappa shape index (κ3) is 3.58. The van der Waals surface area contributed by atoms with Crippen molar-refractivity contribution >= 4 is 11.9 Å². The van der Waals surface area contributed by atoms with Crippen molar-refractivity contribution in [3.63, 3.8) is 0 Å². The molecular formula is C12H18N2O4. The van der Waals surface area contributed by atoms with E-state index >= 15 is 0 Å². The van der Waals surface area contributed by atoms with Crippen LogP contribution in [0.25, 0.3) is 0 Å². The van der Waals surface area contributed by atoms with E-state index in [2.05, 4.69) is 10.5 Å². The number of nitrogens with one attached hydrogen (secondary N) is 1. The maximum Gasteiger partial charge on any atom is 0.326 e. The van der Waals surface area contributed by atoms with Crippen LogP contribution in [0.1, 0.15) is 36.8 Å². The van der Waals surface area contributed by atoms with E-state index in [1.165, 1.54) is 0 Å². The number of carboxylic acid groups (broad SMARTS) is 1. The number of hydrogen-bond acceptors (Lipinski definition) is 4. The first-order valence-electron chi connectivity index (χ1n) is 5.89. The van der Waals surface area contributed by atoms with Crippen molar-refractivity contribution in [2.24, 2.45) is 0 Å². The Morgan fingerprint density at radius 1 is 1.44 bits per heavy atom. The smallest absolute Gasteiger partial charge is 0.326 e. The van der Waals surface area contributed by atoms with E-state index in [9.17, 15) is 9.59 Å². The van der Waals surface area contributed by atoms with Crippen molar-refractivity contribution in [2.45, 2.75) is 46.1 Å². The fourth-order valence-electron chi connectivity index (χ4n) is 1.70. The Kier molecular flexibility index (Phi) is 4.88. The van der Waals surface area contributed by atoms with Crippen LogP contribution in [0, 0.1) is 13.8 Å². The molecule has 18 heavy (non-hydrogen) atoms. The van der Waals surface area contributed by atoms with Crippen LogP contribution in [-0.4, -0.2) is 28.2 Å². The van der Waals surface area contributed by atoms with Gasteiger partial charge in [-0.3, -0.25) is 4.79 Å². The number of carbonyl (C=O) groups is 2. The number of carboxylic acids is 1. The molecule has 0 aliphatic carbocycles. The molecule has 1 aromatic rings. The Bertz CT molecular complexity index is 420. The molecule has 1 heterocycles. The van der Waals surface area contributed by atoms with Gasteiger partial charge in [0, 0.05) is 12.0 Å². The maximum atomic E-state index is 11.6. The molecule has 0 radical (unpaired) electrons. The Morgan fingerprint density at radius 3 is 2.56 bits per heavy atom. The predicted octanol–water partition coefficient (Wildman–Crippen LogP) is 1.20. The van der Waals surface area contributed by atoms with Crippen LogP contribution in [-0.2, 0) is 16.0 Å². The van der Waals surface area contributed by atoms with Gasteiger partial charge in [0.2, 0.25) is 5.91 Å². The molecule has 1 aromatic heterocycles. The van der Waals surface area contributed by atoms with Crippen molar-refractivity contribution in [3.8, 4) is 0 Å². The van der Waals surface area contributed by atoms with Crippen molar-refractivity contribution in [1.29, 1.82) is 0 Å². The zero-order chi connectivity index (χ0) is 13.7. The molecule has 100 valence electrons. The third-order valence-electron chi connectivity index (χ3n) is 2.82. The first kappa shape index (κ1) is 14.2. The largest absolute Gasteiger partial charge is 0.480 e. The highest BCUT2D eigenvalue weighted by molar-refractivity contribution is 5.83. The molecule has 0 aliphatic heterocycles. The monoisotopic (exact) mass is 254 g/mol. The average Bonchev–Trinajstić information content (AvgIpc) is 2.63. The molecule has 0 saturated heterocycles. The standard InChI is InChI=1S/C12H18N2O4/c1-4-10(12(16)17)13-11(15)6-5-9-7(2)14-18-8(9)3/h10H,4-6H2,1-3H3,(H,13,15)(H,16,17)/t10-/m1/s1. The molecule has 0 bridgehead atoms. The predicted molar refractivity (Wildman–Crippen MR) is 64.2 cm³/mol. The summed E-state index contributed by atoms with van der Waals surface area (Å²) in [6, 6.07) is -0.817. The second-order valence-corrected chi connectivity index (χ2v) is 4.17. The lowest BCUT2D eigenvalue weighted by atomic mass is 10.1. The molecule has 6 nitrogen and oxygen atoms in total. The summed E-state index contributed by atoms with van der Waals surface area (Å²) in [5.41, 5.74) is 1.68. The minimum absolute atomic E-state index is 0.229. The van der Waals surface area contributed by atoms with Gasteiger partial charge in [0.25, 0.3) is 0 Å². The van der Waals surface area contributed by atoms with Crippen LogP contribution < -0.4 is 5.32 Å². The van der Waals surface area contributed by atoms with E-state index in [0.717, 1.165) is 11.3 Å². The number of nitrogens with zero attached hydrogens (tertiary/aromatic N) is 1. The second-order valence-electron chi connectivity index (χ2n) is 4.17. The van der Waals surface area contributed by atoms with Crippen LogP contribution in [0.2, 0.25) is 0 Å². The van der Waals surface area contributed by atoms with Gasteiger partial charge < -0.3 is 14.9 Å². The lowest BCUT2D eigenvalue weighted by molar-refractivity contribution is -0.141. The van der Waals surface area contributed by atoms with Crippen molar-refractivity contribution in [1.82, 2.24) is 10.5 Å². The highest BCUT2D eigenvalue weighted by Gasteiger charge is 2.18. The lowest BCUT2D eigenvalue weighted by Crippen LogP contribution is -2.40. The fourth-order valence-corrected chi connectivity index (χ4v) is 1.70. The summed E-state index contributed by atoms with van der Waals surface area (Å²) in [4.78, 5) is 22.4. The van der Waals surface area contributed by atoms with E-state index in [1.54, 1.807) is 13.8 Å². The third-order valence-corrected chi connectivity index (χ3v) is 2.82. The van der Waals surface area contributed by atoms with Crippen LogP contribution in [0.3, 0.4) is 0 Å². The van der Waals surface area contributed by atoms with E-state index in [-0.39, 0.29) is 12.3 Å². The Morgan fingerprint density at radius 2 is 2.11 bits per heavy atom. The van der Waals surface area contributed by atoms with Gasteiger partial charge in [0.1, 0.15) is 11.8 Å². The zero-order valence-electron chi connectivity index (χ0n) is 10.8. The quantitative estimate of drug-likeness (QED) is 0.795. The van der Waals surface area contributed by atoms with Gasteiger partial charge in [-0.1, -0.05) is 12.1 Å². The van der Waals surface area contributed by atoms with E-state index < -0.39 is 12.0 Å². The highest BCUT2D eigenvalue weighted by Crippen LogP contribution is 2.14. The van der Waals surface area contributed by atoms with E-state index in [1.807, 2.05) is 6.92 Å². The SMILES string of the molecule is CC[C@@H](NC(=O)CCc1c(C)noc1C)C(=O)O. The molecule has 2 N–H and O–H groups in total. The van der Waals surface area contributed by atoms with Gasteiger partial charge in [-0.15, -0.1) is 0 Å². The maximum absolute atomic E-state index is 11.6. The number of aliphatic carboxylic acids is 1. The number of aromatic nitrogens is 1. The molecule has 1 rings (SSSR count). The molecule has 0 unspecified atom stereocenters. The van der Waals surface area contributed by atoms with Crippen molar-refractivity contribution in [2.75, 3.05) is 0 Å². The summed E-state index contributed by atoms with van der Waals surface area (Å²) in [7, 11) is 0. The number of hydrogen-bond donors (Lipinski definition) is 2. The summed E-state index contributed by atoms with van der Waals surface area (Å²) < 4.78 is 4.99. The molecule has 0 aromatic carbocycles. The fraction of sp³-hybridized carbons (Fsp3) is 0.583. The summed E-state index contributed by atoms with van der Waals surface area (Å²) >= 11 is 0. The average molecular weight is 254 g/mol. The van der Waals surface area contributed by atoms with Gasteiger partial charge in [0.15, 0.2) is 0 Å². The van der Waals surface area contributed by atoms with Crippen LogP contribution in [0.15, 0.2) is 4.52 Å². The Labute approximate surface area is 105 Å². The number of rotatable bonds is 6. The molecule has 1 atom stereocenters. The van der Waals surface area contributed by atoms with Crippen molar-refractivity contribution < 1.29 is 19.2 Å². The molecule has 0 spiro atoms. The minimum atomic E-state index is -1.01. The molecule has 0 fully saturated rings. The number of aryl methyl sites for hydroxylation is 2. The Hall–Kier alpha value is -1.85. The summed E-state index contributed by atoms with van der Waals surface area (Å²) in [6.07, 6.45) is 1.10. The van der Waals surface area contributed by atoms with Gasteiger partial charge in [-0.2, -0.15) is 0 Å². The summed E-state index contributed by atoms with van der Waals surface area (Å²) in [6.45, 7) is 5.32. The molecule has 0 aliphatic rings. The molecule has 6 heteroatoms.